The molecule has 0 unspecified atom stereocenters. The van der Waals surface area contributed by atoms with Gasteiger partial charge in [0.15, 0.2) is 0 Å². The summed E-state index contributed by atoms with van der Waals surface area (Å²) in [6, 6.07) is 11.9. The van der Waals surface area contributed by atoms with Crippen LogP contribution >= 0.6 is 0 Å². The largest absolute Gasteiger partial charge is 0.296 e. The molecule has 0 aliphatic carbocycles. The summed E-state index contributed by atoms with van der Waals surface area (Å²) in [5.41, 5.74) is 5.01. The van der Waals surface area contributed by atoms with Gasteiger partial charge in [0.25, 0.3) is 5.91 Å². The van der Waals surface area contributed by atoms with Crippen LogP contribution in [0.4, 0.5) is 0 Å². The maximum Gasteiger partial charge on any atom is 0.296 e. The number of aromatic nitrogens is 2. The molecule has 2 aromatic heterocycles. The number of rotatable bonds is 3. The predicted octanol–water partition coefficient (Wildman–Crippen LogP) is 3.25. The fraction of sp³-hybridized carbons (Fsp3) is 0.222. The van der Waals surface area contributed by atoms with Crippen molar-refractivity contribution in [3.63, 3.8) is 0 Å². The summed E-state index contributed by atoms with van der Waals surface area (Å²) in [6.07, 6.45) is 1.91. The highest BCUT2D eigenvalue weighted by Crippen LogP contribution is 2.26. The van der Waals surface area contributed by atoms with Gasteiger partial charge in [0, 0.05) is 18.8 Å². The minimum absolute atomic E-state index is 0.235. The Hall–Kier alpha value is -2.66. The number of fused-ring (bicyclic) bond motifs is 1. The molecule has 0 saturated heterocycles. The molecule has 0 atom stereocenters. The van der Waals surface area contributed by atoms with E-state index in [-0.39, 0.29) is 5.91 Å². The Labute approximate surface area is 135 Å². The molecular formula is C18H19N3O2. The van der Waals surface area contributed by atoms with Crippen molar-refractivity contribution in [2.45, 2.75) is 13.8 Å². The second-order valence-electron chi connectivity index (χ2n) is 5.59. The zero-order valence-electron chi connectivity index (χ0n) is 13.7. The highest BCUT2D eigenvalue weighted by atomic mass is 16.7. The first kappa shape index (κ1) is 15.2. The Morgan fingerprint density at radius 1 is 1.09 bits per heavy atom. The number of amides is 1. The highest BCUT2D eigenvalue weighted by Gasteiger charge is 2.23. The molecular weight excluding hydrogens is 290 g/mol. The van der Waals surface area contributed by atoms with E-state index in [2.05, 4.69) is 4.98 Å². The summed E-state index contributed by atoms with van der Waals surface area (Å²) in [6.45, 7) is 4.01. The number of nitrogens with zero attached hydrogens (tertiary/aromatic N) is 3. The number of carbonyl (C=O) groups is 1. The molecule has 0 spiro atoms. The van der Waals surface area contributed by atoms with Crippen LogP contribution in [0, 0.1) is 13.8 Å². The predicted molar refractivity (Wildman–Crippen MR) is 89.2 cm³/mol. The summed E-state index contributed by atoms with van der Waals surface area (Å²) < 4.78 is 1.82. The maximum absolute atomic E-state index is 12.8. The molecule has 0 radical (unpaired) electrons. The third kappa shape index (κ3) is 2.71. The van der Waals surface area contributed by atoms with Gasteiger partial charge in [-0.05, 0) is 25.5 Å². The monoisotopic (exact) mass is 309 g/mol. The number of benzene rings is 1. The van der Waals surface area contributed by atoms with Gasteiger partial charge in [-0.1, -0.05) is 35.9 Å². The van der Waals surface area contributed by atoms with Gasteiger partial charge in [-0.2, -0.15) is 0 Å². The first-order valence-electron chi connectivity index (χ1n) is 7.39. The van der Waals surface area contributed by atoms with Crippen LogP contribution in [0.5, 0.6) is 0 Å². The zero-order valence-corrected chi connectivity index (χ0v) is 13.7. The van der Waals surface area contributed by atoms with Crippen LogP contribution in [0.1, 0.15) is 21.6 Å². The van der Waals surface area contributed by atoms with Crippen molar-refractivity contribution in [1.29, 1.82) is 0 Å². The summed E-state index contributed by atoms with van der Waals surface area (Å²) in [5, 5.41) is 1.21. The fourth-order valence-corrected chi connectivity index (χ4v) is 2.50. The van der Waals surface area contributed by atoms with E-state index in [1.54, 1.807) is 7.05 Å². The molecule has 118 valence electrons. The lowest BCUT2D eigenvalue weighted by Gasteiger charge is -2.14. The number of hydrogen-bond donors (Lipinski definition) is 0. The molecule has 1 aromatic carbocycles. The summed E-state index contributed by atoms with van der Waals surface area (Å²) >= 11 is 0. The molecule has 0 saturated carbocycles. The van der Waals surface area contributed by atoms with Gasteiger partial charge in [-0.3, -0.25) is 14.0 Å². The Kier molecular flexibility index (Phi) is 3.88. The van der Waals surface area contributed by atoms with E-state index >= 15 is 0 Å². The molecule has 5 heteroatoms. The molecule has 0 fully saturated rings. The summed E-state index contributed by atoms with van der Waals surface area (Å²) in [7, 11) is 3.06. The molecule has 0 bridgehead atoms. The van der Waals surface area contributed by atoms with Gasteiger partial charge in [0.1, 0.15) is 17.0 Å². The average molecular weight is 309 g/mol. The van der Waals surface area contributed by atoms with E-state index in [4.69, 9.17) is 4.84 Å². The third-order valence-electron chi connectivity index (χ3n) is 3.85. The fourth-order valence-electron chi connectivity index (χ4n) is 2.50. The van der Waals surface area contributed by atoms with Crippen molar-refractivity contribution in [1.82, 2.24) is 14.4 Å². The minimum Gasteiger partial charge on any atom is -0.295 e. The standard InChI is InChI=1S/C18H19N3O2/c1-12-5-8-14(9-6-12)16-17(18(22)20(3)23-4)21-11-13(2)7-10-15(21)19-16/h5-11H,1-4H3. The van der Waals surface area contributed by atoms with Gasteiger partial charge < -0.3 is 0 Å². The number of hydroxylamine groups is 2. The van der Waals surface area contributed by atoms with Gasteiger partial charge in [-0.25, -0.2) is 10.0 Å². The average Bonchev–Trinajstić information content (AvgIpc) is 2.92. The lowest BCUT2D eigenvalue weighted by atomic mass is 10.1. The van der Waals surface area contributed by atoms with Crippen molar-refractivity contribution in [3.05, 3.63) is 59.4 Å². The van der Waals surface area contributed by atoms with Crippen molar-refractivity contribution in [3.8, 4) is 11.3 Å². The van der Waals surface area contributed by atoms with Crippen molar-refractivity contribution in [2.24, 2.45) is 0 Å². The Balaban J connectivity index is 2.28. The van der Waals surface area contributed by atoms with E-state index in [1.165, 1.54) is 12.2 Å². The van der Waals surface area contributed by atoms with Crippen molar-refractivity contribution < 1.29 is 9.63 Å². The van der Waals surface area contributed by atoms with Gasteiger partial charge >= 0.3 is 0 Å². The van der Waals surface area contributed by atoms with Crippen LogP contribution in [0.25, 0.3) is 16.9 Å². The van der Waals surface area contributed by atoms with E-state index < -0.39 is 0 Å². The maximum atomic E-state index is 12.8. The SMILES string of the molecule is CON(C)C(=O)c1c(-c2ccc(C)cc2)nc2ccc(C)cn12. The lowest BCUT2D eigenvalue weighted by molar-refractivity contribution is -0.0760. The quantitative estimate of drug-likeness (QED) is 0.698. The van der Waals surface area contributed by atoms with Crippen LogP contribution in [-0.4, -0.2) is 34.5 Å². The Bertz CT molecular complexity index is 866. The van der Waals surface area contributed by atoms with Crippen LogP contribution in [0.2, 0.25) is 0 Å². The molecule has 23 heavy (non-hydrogen) atoms. The van der Waals surface area contributed by atoms with E-state index in [1.807, 2.05) is 60.8 Å². The number of pyridine rings is 1. The van der Waals surface area contributed by atoms with E-state index in [0.717, 1.165) is 22.3 Å². The number of hydrogen-bond acceptors (Lipinski definition) is 3. The highest BCUT2D eigenvalue weighted by molar-refractivity contribution is 5.99. The third-order valence-corrected chi connectivity index (χ3v) is 3.85. The second-order valence-corrected chi connectivity index (χ2v) is 5.59. The zero-order chi connectivity index (χ0) is 16.6. The first-order chi connectivity index (χ1) is 11.0. The van der Waals surface area contributed by atoms with E-state index in [9.17, 15) is 4.79 Å². The molecule has 3 aromatic rings. The first-order valence-corrected chi connectivity index (χ1v) is 7.39. The molecule has 0 N–H and O–H groups in total. The summed E-state index contributed by atoms with van der Waals surface area (Å²) in [5.74, 6) is -0.235. The lowest BCUT2D eigenvalue weighted by Crippen LogP contribution is -2.27. The number of imidazole rings is 1. The topological polar surface area (TPSA) is 46.8 Å². The van der Waals surface area contributed by atoms with Crippen LogP contribution < -0.4 is 0 Å². The minimum atomic E-state index is -0.235. The van der Waals surface area contributed by atoms with Gasteiger partial charge in [0.2, 0.25) is 0 Å². The van der Waals surface area contributed by atoms with Gasteiger partial charge in [0.05, 0.1) is 7.11 Å². The molecule has 2 heterocycles. The smallest absolute Gasteiger partial charge is 0.295 e. The molecule has 3 rings (SSSR count). The Morgan fingerprint density at radius 2 is 1.74 bits per heavy atom. The molecule has 0 aliphatic rings. The number of carbonyl (C=O) groups excluding carboxylic acids is 1. The van der Waals surface area contributed by atoms with Crippen LogP contribution in [0.3, 0.4) is 0 Å². The normalized spacial score (nSPS) is 11.0. The molecule has 5 nitrogen and oxygen atoms in total. The van der Waals surface area contributed by atoms with Crippen molar-refractivity contribution >= 4 is 11.6 Å². The van der Waals surface area contributed by atoms with Crippen LogP contribution in [-0.2, 0) is 4.84 Å². The second kappa shape index (κ2) is 5.85. The molecule has 1 amide bonds. The summed E-state index contributed by atoms with van der Waals surface area (Å²) in [4.78, 5) is 22.5. The van der Waals surface area contributed by atoms with E-state index in [0.29, 0.717) is 11.4 Å². The molecule has 0 aliphatic heterocycles. The number of aryl methyl sites for hydroxylation is 2. The van der Waals surface area contributed by atoms with Gasteiger partial charge in [-0.15, -0.1) is 0 Å². The van der Waals surface area contributed by atoms with Crippen LogP contribution in [0.15, 0.2) is 42.6 Å². The Morgan fingerprint density at radius 3 is 2.39 bits per heavy atom. The van der Waals surface area contributed by atoms with Crippen molar-refractivity contribution in [2.75, 3.05) is 14.2 Å².